The van der Waals surface area contributed by atoms with E-state index >= 15 is 0 Å². The fourth-order valence-electron chi connectivity index (χ4n) is 2.86. The Labute approximate surface area is 149 Å². The second-order valence-electron chi connectivity index (χ2n) is 5.49. The summed E-state index contributed by atoms with van der Waals surface area (Å²) in [7, 11) is 0. The molecule has 0 bridgehead atoms. The molecule has 2 heterocycles. The van der Waals surface area contributed by atoms with Crippen LogP contribution in [0.15, 0.2) is 60.8 Å². The first-order valence-electron chi connectivity index (χ1n) is 7.38. The van der Waals surface area contributed by atoms with Crippen molar-refractivity contribution in [3.63, 3.8) is 0 Å². The Morgan fingerprint density at radius 2 is 1.71 bits per heavy atom. The third kappa shape index (κ3) is 2.62. The van der Waals surface area contributed by atoms with E-state index in [1.807, 2.05) is 65.4 Å². The maximum atomic E-state index is 12.3. The normalized spacial score (nSPS) is 14.8. The molecule has 0 radical (unpaired) electrons. The highest BCUT2D eigenvalue weighted by Gasteiger charge is 2.23. The van der Waals surface area contributed by atoms with E-state index in [-0.39, 0.29) is 5.91 Å². The number of para-hydroxylation sites is 1. The zero-order valence-electron chi connectivity index (χ0n) is 12.5. The van der Waals surface area contributed by atoms with Crippen LogP contribution in [0.25, 0.3) is 17.3 Å². The standard InChI is InChI=1S/C19H12Cl2N2O/c20-12-8-13(21)10-15(9-12)23-7-3-4-14(23)11-17-16-5-1-2-6-18(16)22-19(17)24/h1-11H,(H,22,24)/b17-11+. The van der Waals surface area contributed by atoms with Gasteiger partial charge in [0.15, 0.2) is 0 Å². The first kappa shape index (κ1) is 15.1. The molecule has 4 rings (SSSR count). The number of carbonyl (C=O) groups is 1. The molecule has 0 spiro atoms. The fraction of sp³-hybridized carbons (Fsp3) is 0. The highest BCUT2D eigenvalue weighted by molar-refractivity contribution is 6.35. The lowest BCUT2D eigenvalue weighted by atomic mass is 10.1. The molecule has 1 N–H and O–H groups in total. The van der Waals surface area contributed by atoms with E-state index in [4.69, 9.17) is 23.2 Å². The molecule has 24 heavy (non-hydrogen) atoms. The molecular weight excluding hydrogens is 343 g/mol. The van der Waals surface area contributed by atoms with Gasteiger partial charge in [0.1, 0.15) is 0 Å². The van der Waals surface area contributed by atoms with Crippen molar-refractivity contribution in [1.82, 2.24) is 4.57 Å². The van der Waals surface area contributed by atoms with Crippen LogP contribution in [0.1, 0.15) is 11.3 Å². The highest BCUT2D eigenvalue weighted by Crippen LogP contribution is 2.33. The summed E-state index contributed by atoms with van der Waals surface area (Å²) in [6, 6.07) is 16.9. The van der Waals surface area contributed by atoms with Gasteiger partial charge in [-0.25, -0.2) is 0 Å². The fourth-order valence-corrected chi connectivity index (χ4v) is 3.37. The number of nitrogens with one attached hydrogen (secondary N) is 1. The van der Waals surface area contributed by atoms with Crippen molar-refractivity contribution in [3.05, 3.63) is 82.1 Å². The maximum absolute atomic E-state index is 12.3. The average molecular weight is 355 g/mol. The summed E-state index contributed by atoms with van der Waals surface area (Å²) < 4.78 is 1.94. The quantitative estimate of drug-likeness (QED) is 0.624. The number of aromatic nitrogens is 1. The number of amides is 1. The summed E-state index contributed by atoms with van der Waals surface area (Å²) in [5.41, 5.74) is 4.09. The number of anilines is 1. The molecule has 1 aliphatic heterocycles. The number of rotatable bonds is 2. The van der Waals surface area contributed by atoms with Gasteiger partial charge in [0.2, 0.25) is 0 Å². The summed E-state index contributed by atoms with van der Waals surface area (Å²) in [6.45, 7) is 0. The molecular formula is C19H12Cl2N2O. The van der Waals surface area contributed by atoms with E-state index in [1.54, 1.807) is 6.07 Å². The number of hydrogen-bond donors (Lipinski definition) is 1. The van der Waals surface area contributed by atoms with Crippen LogP contribution in [-0.4, -0.2) is 10.5 Å². The molecule has 3 nitrogen and oxygen atoms in total. The number of fused-ring (bicyclic) bond motifs is 1. The predicted molar refractivity (Wildman–Crippen MR) is 98.7 cm³/mol. The molecule has 1 aliphatic rings. The molecule has 3 aromatic rings. The molecule has 0 unspecified atom stereocenters. The van der Waals surface area contributed by atoms with E-state index in [0.29, 0.717) is 15.6 Å². The van der Waals surface area contributed by atoms with Crippen molar-refractivity contribution in [3.8, 4) is 5.69 Å². The Morgan fingerprint density at radius 3 is 2.50 bits per heavy atom. The first-order valence-corrected chi connectivity index (χ1v) is 8.14. The Balaban J connectivity index is 1.83. The molecule has 1 amide bonds. The molecule has 0 saturated carbocycles. The van der Waals surface area contributed by atoms with Crippen LogP contribution < -0.4 is 5.32 Å². The van der Waals surface area contributed by atoms with Crippen LogP contribution in [0.4, 0.5) is 5.69 Å². The Morgan fingerprint density at radius 1 is 0.958 bits per heavy atom. The molecule has 0 fully saturated rings. The van der Waals surface area contributed by atoms with E-state index < -0.39 is 0 Å². The molecule has 0 saturated heterocycles. The largest absolute Gasteiger partial charge is 0.321 e. The monoisotopic (exact) mass is 354 g/mol. The van der Waals surface area contributed by atoms with Crippen molar-refractivity contribution in [2.45, 2.75) is 0 Å². The molecule has 0 aliphatic carbocycles. The second-order valence-corrected chi connectivity index (χ2v) is 6.36. The van der Waals surface area contributed by atoms with Gasteiger partial charge < -0.3 is 9.88 Å². The van der Waals surface area contributed by atoms with Gasteiger partial charge in [-0.05, 0) is 42.5 Å². The minimum Gasteiger partial charge on any atom is -0.321 e. The minimum atomic E-state index is -0.104. The lowest BCUT2D eigenvalue weighted by Gasteiger charge is -2.08. The third-order valence-corrected chi connectivity index (χ3v) is 4.34. The van der Waals surface area contributed by atoms with Crippen LogP contribution >= 0.6 is 23.2 Å². The first-order chi connectivity index (χ1) is 11.6. The van der Waals surface area contributed by atoms with E-state index in [9.17, 15) is 4.79 Å². The Kier molecular flexibility index (Phi) is 3.68. The van der Waals surface area contributed by atoms with Crippen LogP contribution in [0.3, 0.4) is 0 Å². The molecule has 2 aromatic carbocycles. The summed E-state index contributed by atoms with van der Waals surface area (Å²) in [5.74, 6) is -0.104. The van der Waals surface area contributed by atoms with Gasteiger partial charge in [0, 0.05) is 38.9 Å². The zero-order valence-corrected chi connectivity index (χ0v) is 14.0. The third-order valence-electron chi connectivity index (χ3n) is 3.91. The van der Waals surface area contributed by atoms with Crippen molar-refractivity contribution in [1.29, 1.82) is 0 Å². The number of benzene rings is 2. The van der Waals surface area contributed by atoms with Gasteiger partial charge in [0.05, 0.1) is 5.57 Å². The van der Waals surface area contributed by atoms with Crippen molar-refractivity contribution < 1.29 is 4.79 Å². The van der Waals surface area contributed by atoms with Crippen LogP contribution in [-0.2, 0) is 4.79 Å². The molecule has 1 aromatic heterocycles. The number of nitrogens with zero attached hydrogens (tertiary/aromatic N) is 1. The van der Waals surface area contributed by atoms with Crippen molar-refractivity contribution >= 4 is 46.4 Å². The highest BCUT2D eigenvalue weighted by atomic mass is 35.5. The van der Waals surface area contributed by atoms with Crippen LogP contribution in [0.5, 0.6) is 0 Å². The average Bonchev–Trinajstić information content (AvgIpc) is 3.12. The number of halogens is 2. The van der Waals surface area contributed by atoms with Gasteiger partial charge in [0.25, 0.3) is 5.91 Å². The van der Waals surface area contributed by atoms with Crippen LogP contribution in [0.2, 0.25) is 10.0 Å². The van der Waals surface area contributed by atoms with Gasteiger partial charge in [-0.1, -0.05) is 41.4 Å². The smallest absolute Gasteiger partial charge is 0.256 e. The maximum Gasteiger partial charge on any atom is 0.256 e. The lowest BCUT2D eigenvalue weighted by molar-refractivity contribution is -0.110. The number of hydrogen-bond acceptors (Lipinski definition) is 1. The Bertz CT molecular complexity index is 968. The SMILES string of the molecule is O=C1Nc2ccccc2/C1=C\c1cccn1-c1cc(Cl)cc(Cl)c1. The van der Waals surface area contributed by atoms with E-state index in [2.05, 4.69) is 5.32 Å². The predicted octanol–water partition coefficient (Wildman–Crippen LogP) is 5.28. The van der Waals surface area contributed by atoms with Gasteiger partial charge in [-0.15, -0.1) is 0 Å². The zero-order chi connectivity index (χ0) is 16.7. The summed E-state index contributed by atoms with van der Waals surface area (Å²) in [4.78, 5) is 12.3. The van der Waals surface area contributed by atoms with Gasteiger partial charge in [-0.2, -0.15) is 0 Å². The minimum absolute atomic E-state index is 0.104. The van der Waals surface area contributed by atoms with Crippen LogP contribution in [0, 0.1) is 0 Å². The van der Waals surface area contributed by atoms with Gasteiger partial charge >= 0.3 is 0 Å². The lowest BCUT2D eigenvalue weighted by Crippen LogP contribution is -2.04. The summed E-state index contributed by atoms with van der Waals surface area (Å²) in [6.07, 6.45) is 3.78. The molecule has 0 atom stereocenters. The molecule has 5 heteroatoms. The topological polar surface area (TPSA) is 34.0 Å². The summed E-state index contributed by atoms with van der Waals surface area (Å²) >= 11 is 12.2. The van der Waals surface area contributed by atoms with E-state index in [0.717, 1.165) is 22.6 Å². The second kappa shape index (κ2) is 5.86. The van der Waals surface area contributed by atoms with E-state index in [1.165, 1.54) is 0 Å². The van der Waals surface area contributed by atoms with Crippen molar-refractivity contribution in [2.75, 3.05) is 5.32 Å². The summed E-state index contributed by atoms with van der Waals surface area (Å²) in [5, 5.41) is 4.01. The number of carbonyl (C=O) groups excluding carboxylic acids is 1. The van der Waals surface area contributed by atoms with Gasteiger partial charge in [-0.3, -0.25) is 4.79 Å². The van der Waals surface area contributed by atoms with Crippen molar-refractivity contribution in [2.24, 2.45) is 0 Å². The Hall–Kier alpha value is -2.49. The molecule has 118 valence electrons.